The van der Waals surface area contributed by atoms with E-state index < -0.39 is 12.1 Å². The number of carbonyl (C=O) groups is 2. The number of anilines is 1. The summed E-state index contributed by atoms with van der Waals surface area (Å²) in [6.07, 6.45) is -0.679. The summed E-state index contributed by atoms with van der Waals surface area (Å²) >= 11 is 0. The molecule has 25 heavy (non-hydrogen) atoms. The Hall–Kier alpha value is -2.82. The van der Waals surface area contributed by atoms with Crippen molar-refractivity contribution in [2.75, 3.05) is 12.4 Å². The normalized spacial score (nSPS) is 11.6. The lowest BCUT2D eigenvalue weighted by molar-refractivity contribution is -0.122. The Morgan fingerprint density at radius 1 is 1.00 bits per heavy atom. The molecule has 1 atom stereocenters. The fourth-order valence-electron chi connectivity index (χ4n) is 2.31. The number of esters is 1. The van der Waals surface area contributed by atoms with E-state index in [1.54, 1.807) is 25.1 Å². The van der Waals surface area contributed by atoms with E-state index in [1.807, 2.05) is 39.0 Å². The second kappa shape index (κ2) is 7.83. The Labute approximate surface area is 148 Å². The summed E-state index contributed by atoms with van der Waals surface area (Å²) in [5.74, 6) is -0.0520. The van der Waals surface area contributed by atoms with Gasteiger partial charge >= 0.3 is 5.97 Å². The number of carbonyl (C=O) groups excluding carboxylic acids is 2. The van der Waals surface area contributed by atoms with Crippen LogP contribution in [0.3, 0.4) is 0 Å². The maximum Gasteiger partial charge on any atom is 0.337 e. The van der Waals surface area contributed by atoms with Crippen LogP contribution in [0.1, 0.15) is 34.0 Å². The maximum atomic E-state index is 12.5. The summed E-state index contributed by atoms with van der Waals surface area (Å²) in [7, 11) is 1.32. The van der Waals surface area contributed by atoms with Gasteiger partial charge in [0, 0.05) is 5.69 Å². The number of rotatable bonds is 5. The van der Waals surface area contributed by atoms with E-state index in [1.165, 1.54) is 7.11 Å². The van der Waals surface area contributed by atoms with E-state index in [-0.39, 0.29) is 5.91 Å². The lowest BCUT2D eigenvalue weighted by atomic mass is 10.1. The molecule has 0 bridgehead atoms. The third-order valence-electron chi connectivity index (χ3n) is 3.93. The quantitative estimate of drug-likeness (QED) is 0.840. The molecule has 0 saturated carbocycles. The van der Waals surface area contributed by atoms with Gasteiger partial charge in [-0.15, -0.1) is 0 Å². The van der Waals surface area contributed by atoms with Crippen molar-refractivity contribution in [2.24, 2.45) is 0 Å². The van der Waals surface area contributed by atoms with Crippen LogP contribution in [-0.4, -0.2) is 25.1 Å². The number of benzene rings is 2. The highest BCUT2D eigenvalue weighted by atomic mass is 16.5. The number of hydrogen-bond donors (Lipinski definition) is 1. The molecule has 0 aliphatic rings. The van der Waals surface area contributed by atoms with Gasteiger partial charge in [-0.3, -0.25) is 4.79 Å². The van der Waals surface area contributed by atoms with Crippen molar-refractivity contribution in [3.63, 3.8) is 0 Å². The Kier molecular flexibility index (Phi) is 5.80. The van der Waals surface area contributed by atoms with Gasteiger partial charge in [0.25, 0.3) is 5.91 Å². The van der Waals surface area contributed by atoms with E-state index in [2.05, 4.69) is 5.32 Å². The maximum absolute atomic E-state index is 12.5. The van der Waals surface area contributed by atoms with E-state index in [4.69, 9.17) is 9.47 Å². The summed E-state index contributed by atoms with van der Waals surface area (Å²) in [6.45, 7) is 7.45. The van der Waals surface area contributed by atoms with E-state index in [9.17, 15) is 9.59 Å². The average molecular weight is 341 g/mol. The Morgan fingerprint density at radius 3 is 2.36 bits per heavy atom. The fourth-order valence-corrected chi connectivity index (χ4v) is 2.31. The first-order valence-corrected chi connectivity index (χ1v) is 8.05. The molecule has 0 saturated heterocycles. The topological polar surface area (TPSA) is 64.6 Å². The van der Waals surface area contributed by atoms with Crippen LogP contribution in [0, 0.1) is 20.8 Å². The summed E-state index contributed by atoms with van der Waals surface area (Å²) in [5, 5.41) is 2.81. The van der Waals surface area contributed by atoms with Crippen molar-refractivity contribution in [1.82, 2.24) is 0 Å². The summed E-state index contributed by atoms with van der Waals surface area (Å²) in [5.41, 5.74) is 3.82. The molecule has 5 heteroatoms. The highest BCUT2D eigenvalue weighted by Crippen LogP contribution is 2.22. The molecule has 0 aliphatic carbocycles. The Balaban J connectivity index is 2.13. The van der Waals surface area contributed by atoms with E-state index in [0.29, 0.717) is 17.0 Å². The second-order valence-corrected chi connectivity index (χ2v) is 6.04. The molecular formula is C20H23NO4. The lowest BCUT2D eigenvalue weighted by Gasteiger charge is -2.17. The second-order valence-electron chi connectivity index (χ2n) is 6.04. The summed E-state index contributed by atoms with van der Waals surface area (Å²) < 4.78 is 10.5. The number of hydrogen-bond acceptors (Lipinski definition) is 4. The van der Waals surface area contributed by atoms with Gasteiger partial charge in [0.2, 0.25) is 0 Å². The zero-order valence-corrected chi connectivity index (χ0v) is 15.2. The molecule has 1 N–H and O–H groups in total. The Morgan fingerprint density at radius 2 is 1.68 bits per heavy atom. The van der Waals surface area contributed by atoms with Gasteiger partial charge < -0.3 is 14.8 Å². The molecular weight excluding hydrogens is 318 g/mol. The molecule has 2 rings (SSSR count). The minimum absolute atomic E-state index is 0.286. The monoisotopic (exact) mass is 341 g/mol. The molecule has 0 unspecified atom stereocenters. The van der Waals surface area contributed by atoms with Crippen LogP contribution >= 0.6 is 0 Å². The summed E-state index contributed by atoms with van der Waals surface area (Å²) in [6, 6.07) is 10.9. The van der Waals surface area contributed by atoms with Crippen molar-refractivity contribution in [3.8, 4) is 5.75 Å². The smallest absolute Gasteiger partial charge is 0.337 e. The van der Waals surface area contributed by atoms with Crippen molar-refractivity contribution in [2.45, 2.75) is 33.8 Å². The lowest BCUT2D eigenvalue weighted by Crippen LogP contribution is -2.30. The minimum atomic E-state index is -0.679. The molecule has 132 valence electrons. The molecule has 0 aliphatic heterocycles. The average Bonchev–Trinajstić information content (AvgIpc) is 2.59. The molecule has 1 amide bonds. The third-order valence-corrected chi connectivity index (χ3v) is 3.93. The van der Waals surface area contributed by atoms with Crippen molar-refractivity contribution in [1.29, 1.82) is 0 Å². The fraction of sp³-hybridized carbons (Fsp3) is 0.300. The molecule has 0 spiro atoms. The first kappa shape index (κ1) is 18.5. The third kappa shape index (κ3) is 4.59. The number of nitrogens with one attached hydrogen (secondary N) is 1. The van der Waals surface area contributed by atoms with Crippen molar-refractivity contribution in [3.05, 3.63) is 58.7 Å². The highest BCUT2D eigenvalue weighted by Gasteiger charge is 2.18. The predicted molar refractivity (Wildman–Crippen MR) is 97.2 cm³/mol. The van der Waals surface area contributed by atoms with Gasteiger partial charge in [0.05, 0.1) is 12.7 Å². The van der Waals surface area contributed by atoms with Crippen LogP contribution < -0.4 is 10.1 Å². The first-order valence-electron chi connectivity index (χ1n) is 8.05. The van der Waals surface area contributed by atoms with Gasteiger partial charge in [0.1, 0.15) is 5.75 Å². The van der Waals surface area contributed by atoms with Gasteiger partial charge in [0.15, 0.2) is 6.10 Å². The highest BCUT2D eigenvalue weighted by molar-refractivity contribution is 5.97. The van der Waals surface area contributed by atoms with Gasteiger partial charge in [-0.2, -0.15) is 0 Å². The molecule has 0 fully saturated rings. The van der Waals surface area contributed by atoms with Gasteiger partial charge in [-0.1, -0.05) is 18.2 Å². The molecule has 0 heterocycles. The van der Waals surface area contributed by atoms with Crippen molar-refractivity contribution < 1.29 is 19.1 Å². The molecule has 2 aromatic rings. The number of ether oxygens (including phenoxy) is 2. The number of amides is 1. The standard InChI is InChI=1S/C20H23NO4/c1-12-6-7-14(3)18(10-12)25-15(4)19(22)21-17-11-16(20(23)24-5)9-8-13(17)2/h6-11,15H,1-5H3,(H,21,22)/t15-/m1/s1. The molecule has 0 radical (unpaired) electrons. The van der Waals surface area contributed by atoms with Crippen molar-refractivity contribution >= 4 is 17.6 Å². The summed E-state index contributed by atoms with van der Waals surface area (Å²) in [4.78, 5) is 24.1. The minimum Gasteiger partial charge on any atom is -0.481 e. The predicted octanol–water partition coefficient (Wildman–Crippen LogP) is 3.80. The first-order chi connectivity index (χ1) is 11.8. The van der Waals surface area contributed by atoms with Crippen LogP contribution in [0.25, 0.3) is 0 Å². The van der Waals surface area contributed by atoms with Gasteiger partial charge in [-0.25, -0.2) is 4.79 Å². The molecule has 2 aromatic carbocycles. The van der Waals surface area contributed by atoms with E-state index >= 15 is 0 Å². The molecule has 5 nitrogen and oxygen atoms in total. The Bertz CT molecular complexity index is 798. The number of methoxy groups -OCH3 is 1. The van der Waals surface area contributed by atoms with Gasteiger partial charge in [-0.05, 0) is 62.6 Å². The van der Waals surface area contributed by atoms with Crippen LogP contribution in [-0.2, 0) is 9.53 Å². The zero-order valence-electron chi connectivity index (χ0n) is 15.2. The van der Waals surface area contributed by atoms with Crippen LogP contribution in [0.5, 0.6) is 5.75 Å². The zero-order chi connectivity index (χ0) is 18.6. The van der Waals surface area contributed by atoms with Crippen LogP contribution in [0.4, 0.5) is 5.69 Å². The largest absolute Gasteiger partial charge is 0.481 e. The number of aryl methyl sites for hydroxylation is 3. The van der Waals surface area contributed by atoms with Crippen LogP contribution in [0.2, 0.25) is 0 Å². The van der Waals surface area contributed by atoms with E-state index in [0.717, 1.165) is 16.7 Å². The SMILES string of the molecule is COC(=O)c1ccc(C)c(NC(=O)[C@@H](C)Oc2cc(C)ccc2C)c1. The van der Waals surface area contributed by atoms with Crippen LogP contribution in [0.15, 0.2) is 36.4 Å². The molecule has 0 aromatic heterocycles.